The van der Waals surface area contributed by atoms with Crippen LogP contribution in [0.2, 0.25) is 0 Å². The molecule has 0 aliphatic rings. The van der Waals surface area contributed by atoms with Gasteiger partial charge in [-0.15, -0.1) is 0 Å². The molecule has 112 valence electrons. The van der Waals surface area contributed by atoms with Crippen LogP contribution in [0.5, 0.6) is 0 Å². The van der Waals surface area contributed by atoms with Crippen LogP contribution < -0.4 is 5.32 Å². The molecule has 1 N–H and O–H groups in total. The standard InChI is InChI=1S/C19H26N2/c1-2-13-21-19(15-18-11-7-14-20-16-18)12-6-10-17-8-4-3-5-9-17/h3-5,7-9,11,14,16,19,21H,2,6,10,12-13,15H2,1H3. The fourth-order valence-corrected chi connectivity index (χ4v) is 2.63. The quantitative estimate of drug-likeness (QED) is 0.751. The maximum atomic E-state index is 4.22. The topological polar surface area (TPSA) is 24.9 Å². The molecule has 1 aromatic carbocycles. The summed E-state index contributed by atoms with van der Waals surface area (Å²) < 4.78 is 0. The molecule has 2 heteroatoms. The van der Waals surface area contributed by atoms with Crippen molar-refractivity contribution < 1.29 is 0 Å². The van der Waals surface area contributed by atoms with E-state index in [2.05, 4.69) is 53.6 Å². The van der Waals surface area contributed by atoms with Gasteiger partial charge in [0.25, 0.3) is 0 Å². The second kappa shape index (κ2) is 9.30. The van der Waals surface area contributed by atoms with Gasteiger partial charge in [-0.2, -0.15) is 0 Å². The fourth-order valence-electron chi connectivity index (χ4n) is 2.63. The van der Waals surface area contributed by atoms with Gasteiger partial charge in [-0.3, -0.25) is 4.98 Å². The minimum Gasteiger partial charge on any atom is -0.314 e. The van der Waals surface area contributed by atoms with Crippen LogP contribution >= 0.6 is 0 Å². The molecule has 2 nitrogen and oxygen atoms in total. The summed E-state index contributed by atoms with van der Waals surface area (Å²) in [6.45, 7) is 3.31. The van der Waals surface area contributed by atoms with Gasteiger partial charge in [-0.1, -0.05) is 43.3 Å². The van der Waals surface area contributed by atoms with Crippen molar-refractivity contribution in [3.8, 4) is 0 Å². The molecular formula is C19H26N2. The predicted molar refractivity (Wildman–Crippen MR) is 89.4 cm³/mol. The van der Waals surface area contributed by atoms with Crippen LogP contribution in [0.3, 0.4) is 0 Å². The second-order valence-electron chi connectivity index (χ2n) is 5.59. The van der Waals surface area contributed by atoms with Gasteiger partial charge in [-0.25, -0.2) is 0 Å². The smallest absolute Gasteiger partial charge is 0.0300 e. The van der Waals surface area contributed by atoms with Crippen LogP contribution in [-0.4, -0.2) is 17.6 Å². The summed E-state index contributed by atoms with van der Waals surface area (Å²) in [6, 6.07) is 15.5. The Balaban J connectivity index is 1.81. The Hall–Kier alpha value is -1.67. The highest BCUT2D eigenvalue weighted by Gasteiger charge is 2.08. The number of benzene rings is 1. The van der Waals surface area contributed by atoms with Crippen LogP contribution in [0.25, 0.3) is 0 Å². The molecule has 1 aromatic heterocycles. The molecule has 0 radical (unpaired) electrons. The van der Waals surface area contributed by atoms with Crippen molar-refractivity contribution in [2.24, 2.45) is 0 Å². The van der Waals surface area contributed by atoms with E-state index in [1.165, 1.54) is 30.4 Å². The Bertz CT molecular complexity index is 481. The maximum absolute atomic E-state index is 4.22. The summed E-state index contributed by atoms with van der Waals surface area (Å²) in [5.74, 6) is 0. The van der Waals surface area contributed by atoms with Crippen molar-refractivity contribution in [2.45, 2.75) is 45.1 Å². The Morgan fingerprint density at radius 2 is 1.86 bits per heavy atom. The number of aryl methyl sites for hydroxylation is 1. The first-order chi connectivity index (χ1) is 10.4. The zero-order valence-electron chi connectivity index (χ0n) is 13.0. The van der Waals surface area contributed by atoms with Crippen LogP contribution in [0, 0.1) is 0 Å². The number of pyridine rings is 1. The van der Waals surface area contributed by atoms with Crippen LogP contribution in [-0.2, 0) is 12.8 Å². The van der Waals surface area contributed by atoms with Gasteiger partial charge in [0.15, 0.2) is 0 Å². The van der Waals surface area contributed by atoms with Crippen LogP contribution in [0.1, 0.15) is 37.3 Å². The lowest BCUT2D eigenvalue weighted by molar-refractivity contribution is 0.464. The van der Waals surface area contributed by atoms with Crippen molar-refractivity contribution in [3.63, 3.8) is 0 Å². The minimum atomic E-state index is 0.554. The summed E-state index contributed by atoms with van der Waals surface area (Å²) in [6.07, 6.45) is 9.68. The summed E-state index contributed by atoms with van der Waals surface area (Å²) in [7, 11) is 0. The van der Waals surface area contributed by atoms with E-state index in [0.29, 0.717) is 6.04 Å². The first kappa shape index (κ1) is 15.7. The van der Waals surface area contributed by atoms with E-state index in [9.17, 15) is 0 Å². The van der Waals surface area contributed by atoms with Gasteiger partial charge in [-0.05, 0) is 55.8 Å². The molecular weight excluding hydrogens is 256 g/mol. The van der Waals surface area contributed by atoms with Crippen molar-refractivity contribution in [1.29, 1.82) is 0 Å². The normalized spacial score (nSPS) is 12.2. The van der Waals surface area contributed by atoms with Crippen molar-refractivity contribution in [2.75, 3.05) is 6.54 Å². The molecule has 21 heavy (non-hydrogen) atoms. The molecule has 1 unspecified atom stereocenters. The first-order valence-electron chi connectivity index (χ1n) is 8.04. The van der Waals surface area contributed by atoms with Gasteiger partial charge in [0.1, 0.15) is 0 Å². The predicted octanol–water partition coefficient (Wildman–Crippen LogP) is 4.02. The Morgan fingerprint density at radius 1 is 1.05 bits per heavy atom. The molecule has 0 fully saturated rings. The van der Waals surface area contributed by atoms with Crippen molar-refractivity contribution >= 4 is 0 Å². The molecule has 0 bridgehead atoms. The van der Waals surface area contributed by atoms with E-state index in [1.807, 2.05) is 18.5 Å². The third kappa shape index (κ3) is 6.09. The van der Waals surface area contributed by atoms with E-state index in [4.69, 9.17) is 0 Å². The largest absolute Gasteiger partial charge is 0.314 e. The number of nitrogens with zero attached hydrogens (tertiary/aromatic N) is 1. The zero-order valence-corrected chi connectivity index (χ0v) is 13.0. The van der Waals surface area contributed by atoms with Crippen molar-refractivity contribution in [1.82, 2.24) is 10.3 Å². The molecule has 0 saturated heterocycles. The number of nitrogens with one attached hydrogen (secondary N) is 1. The lowest BCUT2D eigenvalue weighted by Gasteiger charge is -2.18. The zero-order chi connectivity index (χ0) is 14.8. The molecule has 1 atom stereocenters. The molecule has 0 aliphatic heterocycles. The summed E-state index contributed by atoms with van der Waals surface area (Å²) >= 11 is 0. The summed E-state index contributed by atoms with van der Waals surface area (Å²) in [4.78, 5) is 4.22. The molecule has 0 saturated carbocycles. The number of hydrogen-bond donors (Lipinski definition) is 1. The summed E-state index contributed by atoms with van der Waals surface area (Å²) in [5.41, 5.74) is 2.76. The second-order valence-corrected chi connectivity index (χ2v) is 5.59. The molecule has 2 aromatic rings. The van der Waals surface area contributed by atoms with Crippen molar-refractivity contribution in [3.05, 3.63) is 66.0 Å². The lowest BCUT2D eigenvalue weighted by Crippen LogP contribution is -2.32. The highest BCUT2D eigenvalue weighted by Crippen LogP contribution is 2.10. The lowest BCUT2D eigenvalue weighted by atomic mass is 10.00. The Labute approximate surface area is 128 Å². The monoisotopic (exact) mass is 282 g/mol. The highest BCUT2D eigenvalue weighted by atomic mass is 14.9. The van der Waals surface area contributed by atoms with E-state index < -0.39 is 0 Å². The highest BCUT2D eigenvalue weighted by molar-refractivity contribution is 5.14. The third-order valence-corrected chi connectivity index (χ3v) is 3.75. The van der Waals surface area contributed by atoms with Crippen LogP contribution in [0.4, 0.5) is 0 Å². The number of hydrogen-bond acceptors (Lipinski definition) is 2. The minimum absolute atomic E-state index is 0.554. The number of aromatic nitrogens is 1. The van der Waals surface area contributed by atoms with E-state index in [0.717, 1.165) is 19.4 Å². The Morgan fingerprint density at radius 3 is 2.57 bits per heavy atom. The SMILES string of the molecule is CCCNC(CCCc1ccccc1)Cc1cccnc1. The molecule has 0 spiro atoms. The van der Waals surface area contributed by atoms with Gasteiger partial charge in [0.2, 0.25) is 0 Å². The summed E-state index contributed by atoms with van der Waals surface area (Å²) in [5, 5.41) is 3.68. The Kier molecular flexibility index (Phi) is 6.96. The molecule has 2 rings (SSSR count). The average Bonchev–Trinajstić information content (AvgIpc) is 2.54. The first-order valence-corrected chi connectivity index (χ1v) is 8.04. The number of rotatable bonds is 9. The van der Waals surface area contributed by atoms with Gasteiger partial charge in [0, 0.05) is 18.4 Å². The fraction of sp³-hybridized carbons (Fsp3) is 0.421. The maximum Gasteiger partial charge on any atom is 0.0300 e. The van der Waals surface area contributed by atoms with E-state index >= 15 is 0 Å². The van der Waals surface area contributed by atoms with E-state index in [1.54, 1.807) is 0 Å². The third-order valence-electron chi connectivity index (χ3n) is 3.75. The molecule has 0 amide bonds. The van der Waals surface area contributed by atoms with Gasteiger partial charge >= 0.3 is 0 Å². The van der Waals surface area contributed by atoms with E-state index in [-0.39, 0.29) is 0 Å². The average molecular weight is 282 g/mol. The molecule has 0 aliphatic carbocycles. The van der Waals surface area contributed by atoms with Gasteiger partial charge < -0.3 is 5.32 Å². The van der Waals surface area contributed by atoms with Crippen LogP contribution in [0.15, 0.2) is 54.9 Å². The van der Waals surface area contributed by atoms with Gasteiger partial charge in [0.05, 0.1) is 0 Å². The molecule has 1 heterocycles.